The van der Waals surface area contributed by atoms with Crippen LogP contribution in [0.1, 0.15) is 37.9 Å². The number of nitrogens with zero attached hydrogens (tertiary/aromatic N) is 2. The van der Waals surface area contributed by atoms with E-state index >= 15 is 0 Å². The van der Waals surface area contributed by atoms with Gasteiger partial charge >= 0.3 is 0 Å². The van der Waals surface area contributed by atoms with Gasteiger partial charge in [0, 0.05) is 24.0 Å². The second-order valence-corrected chi connectivity index (χ2v) is 8.71. The Bertz CT molecular complexity index is 743. The highest BCUT2D eigenvalue weighted by atomic mass is 32.2. The minimum atomic E-state index is 0.157. The number of hydrogen-bond acceptors (Lipinski definition) is 4. The third-order valence-electron chi connectivity index (χ3n) is 4.16. The van der Waals surface area contributed by atoms with Gasteiger partial charge in [-0.3, -0.25) is 9.36 Å². The first-order chi connectivity index (χ1) is 11.7. The molecule has 5 heteroatoms. The van der Waals surface area contributed by atoms with Crippen molar-refractivity contribution in [2.45, 2.75) is 61.4 Å². The molecule has 1 atom stereocenters. The number of aryl methyl sites for hydroxylation is 1. The summed E-state index contributed by atoms with van der Waals surface area (Å²) >= 11 is 3.42. The van der Waals surface area contributed by atoms with Crippen molar-refractivity contribution in [3.63, 3.8) is 0 Å². The van der Waals surface area contributed by atoms with E-state index in [-0.39, 0.29) is 5.56 Å². The van der Waals surface area contributed by atoms with E-state index in [0.29, 0.717) is 11.8 Å². The van der Waals surface area contributed by atoms with Crippen molar-refractivity contribution in [1.82, 2.24) is 9.55 Å². The molecule has 0 unspecified atom stereocenters. The van der Waals surface area contributed by atoms with Crippen molar-refractivity contribution in [2.75, 3.05) is 5.75 Å². The molecule has 0 N–H and O–H groups in total. The van der Waals surface area contributed by atoms with Crippen LogP contribution in [0.25, 0.3) is 0 Å². The Labute approximate surface area is 152 Å². The van der Waals surface area contributed by atoms with E-state index in [1.165, 1.54) is 12.0 Å². The topological polar surface area (TPSA) is 34.9 Å². The summed E-state index contributed by atoms with van der Waals surface area (Å²) in [5.74, 6) is 1.02. The average Bonchev–Trinajstić information content (AvgIpc) is 2.96. The molecule has 0 aliphatic carbocycles. The zero-order chi connectivity index (χ0) is 16.9. The Morgan fingerprint density at radius 3 is 2.88 bits per heavy atom. The minimum Gasteiger partial charge on any atom is -0.286 e. The maximum atomic E-state index is 13.0. The molecule has 2 aromatic rings. The van der Waals surface area contributed by atoms with Crippen LogP contribution in [0.5, 0.6) is 0 Å². The molecular weight excluding hydrogens is 336 g/mol. The number of fused-ring (bicyclic) bond motifs is 1. The van der Waals surface area contributed by atoms with E-state index in [1.54, 1.807) is 23.5 Å². The van der Waals surface area contributed by atoms with E-state index in [9.17, 15) is 4.79 Å². The molecule has 24 heavy (non-hydrogen) atoms. The van der Waals surface area contributed by atoms with Crippen LogP contribution >= 0.6 is 23.5 Å². The van der Waals surface area contributed by atoms with Gasteiger partial charge < -0.3 is 0 Å². The van der Waals surface area contributed by atoms with Gasteiger partial charge in [-0.2, -0.15) is 0 Å². The number of unbranched alkanes of at least 4 members (excludes halogenated alkanes) is 1. The lowest BCUT2D eigenvalue weighted by Crippen LogP contribution is -2.26. The summed E-state index contributed by atoms with van der Waals surface area (Å²) in [5, 5.41) is 1.36. The van der Waals surface area contributed by atoms with E-state index < -0.39 is 0 Å². The van der Waals surface area contributed by atoms with Crippen LogP contribution in [0.2, 0.25) is 0 Å². The van der Waals surface area contributed by atoms with Crippen LogP contribution in [0.15, 0.2) is 45.2 Å². The molecule has 0 bridgehead atoms. The van der Waals surface area contributed by atoms with Gasteiger partial charge in [0.1, 0.15) is 0 Å². The molecular formula is C19H24N2OS2. The van der Waals surface area contributed by atoms with Crippen molar-refractivity contribution < 1.29 is 0 Å². The molecule has 1 aromatic carbocycles. The summed E-state index contributed by atoms with van der Waals surface area (Å²) < 4.78 is 1.90. The molecule has 0 radical (unpaired) electrons. The maximum Gasteiger partial charge on any atom is 0.268 e. The molecule has 1 aliphatic rings. The number of thioether (sulfide) groups is 2. The molecule has 2 heterocycles. The maximum absolute atomic E-state index is 13.0. The number of aromatic nitrogens is 2. The Morgan fingerprint density at radius 1 is 1.33 bits per heavy atom. The fourth-order valence-corrected chi connectivity index (χ4v) is 5.07. The summed E-state index contributed by atoms with van der Waals surface area (Å²) in [5.41, 5.74) is 2.42. The Balaban J connectivity index is 1.87. The molecule has 3 rings (SSSR count). The van der Waals surface area contributed by atoms with Gasteiger partial charge in [0.25, 0.3) is 5.56 Å². The predicted octanol–water partition coefficient (Wildman–Crippen LogP) is 4.41. The van der Waals surface area contributed by atoms with Gasteiger partial charge in [0.2, 0.25) is 0 Å². The fraction of sp³-hybridized carbons (Fsp3) is 0.474. The molecule has 1 aromatic heterocycles. The Hall–Kier alpha value is -1.20. The lowest BCUT2D eigenvalue weighted by Gasteiger charge is -2.13. The highest BCUT2D eigenvalue weighted by Gasteiger charge is 2.26. The van der Waals surface area contributed by atoms with E-state index in [1.807, 2.05) is 22.8 Å². The third kappa shape index (κ3) is 4.06. The Morgan fingerprint density at radius 2 is 2.12 bits per heavy atom. The molecule has 0 saturated heterocycles. The third-order valence-corrected chi connectivity index (χ3v) is 6.44. The zero-order valence-electron chi connectivity index (χ0n) is 14.3. The summed E-state index contributed by atoms with van der Waals surface area (Å²) in [7, 11) is 0. The molecule has 3 nitrogen and oxygen atoms in total. The summed E-state index contributed by atoms with van der Waals surface area (Å²) in [6.07, 6.45) is 4.10. The Kier molecular flexibility index (Phi) is 6.06. The SMILES string of the molecule is CCCCSc1nc2c(c(=O)n1CCc1ccccc1)S[C@H](C)C2. The minimum absolute atomic E-state index is 0.157. The first kappa shape index (κ1) is 17.6. The van der Waals surface area contributed by atoms with Crippen molar-refractivity contribution in [1.29, 1.82) is 0 Å². The molecule has 0 amide bonds. The largest absolute Gasteiger partial charge is 0.286 e. The highest BCUT2D eigenvalue weighted by molar-refractivity contribution is 8.00. The van der Waals surface area contributed by atoms with Gasteiger partial charge in [-0.05, 0) is 18.4 Å². The standard InChI is InChI=1S/C19H24N2OS2/c1-3-4-12-23-19-20-16-13-14(2)24-17(16)18(22)21(19)11-10-15-8-6-5-7-9-15/h5-9,14H,3-4,10-13H2,1-2H3/t14-/m1/s1. The van der Waals surface area contributed by atoms with Gasteiger partial charge in [-0.25, -0.2) is 4.98 Å². The normalized spacial score (nSPS) is 16.3. The lowest BCUT2D eigenvalue weighted by atomic mass is 10.1. The summed E-state index contributed by atoms with van der Waals surface area (Å²) in [6, 6.07) is 10.4. The number of benzene rings is 1. The van der Waals surface area contributed by atoms with Crippen LogP contribution in [0, 0.1) is 0 Å². The van der Waals surface area contributed by atoms with E-state index in [0.717, 1.165) is 40.8 Å². The monoisotopic (exact) mass is 360 g/mol. The smallest absolute Gasteiger partial charge is 0.268 e. The first-order valence-corrected chi connectivity index (χ1v) is 10.5. The lowest BCUT2D eigenvalue weighted by molar-refractivity contribution is 0.564. The molecule has 0 saturated carbocycles. The van der Waals surface area contributed by atoms with E-state index in [2.05, 4.69) is 26.0 Å². The number of rotatable bonds is 7. The van der Waals surface area contributed by atoms with Crippen molar-refractivity contribution in [2.24, 2.45) is 0 Å². The van der Waals surface area contributed by atoms with Gasteiger partial charge in [0.15, 0.2) is 5.16 Å². The van der Waals surface area contributed by atoms with Crippen LogP contribution in [0.4, 0.5) is 0 Å². The first-order valence-electron chi connectivity index (χ1n) is 8.66. The molecule has 128 valence electrons. The van der Waals surface area contributed by atoms with Gasteiger partial charge in [-0.15, -0.1) is 11.8 Å². The second kappa shape index (κ2) is 8.26. The van der Waals surface area contributed by atoms with Crippen LogP contribution in [-0.4, -0.2) is 20.6 Å². The zero-order valence-corrected chi connectivity index (χ0v) is 16.0. The summed E-state index contributed by atoms with van der Waals surface area (Å²) in [4.78, 5) is 18.7. The molecule has 0 fully saturated rings. The van der Waals surface area contributed by atoms with Crippen LogP contribution < -0.4 is 5.56 Å². The summed E-state index contributed by atoms with van der Waals surface area (Å²) in [6.45, 7) is 5.06. The highest BCUT2D eigenvalue weighted by Crippen LogP contribution is 2.34. The van der Waals surface area contributed by atoms with Crippen molar-refractivity contribution >= 4 is 23.5 Å². The van der Waals surface area contributed by atoms with Crippen LogP contribution in [0.3, 0.4) is 0 Å². The van der Waals surface area contributed by atoms with Crippen LogP contribution in [-0.2, 0) is 19.4 Å². The average molecular weight is 361 g/mol. The van der Waals surface area contributed by atoms with Gasteiger partial charge in [0.05, 0.1) is 10.6 Å². The second-order valence-electron chi connectivity index (χ2n) is 6.20. The van der Waals surface area contributed by atoms with Crippen molar-refractivity contribution in [3.05, 3.63) is 51.9 Å². The van der Waals surface area contributed by atoms with E-state index in [4.69, 9.17) is 4.98 Å². The molecule has 1 aliphatic heterocycles. The quantitative estimate of drug-likeness (QED) is 0.416. The van der Waals surface area contributed by atoms with Gasteiger partial charge in [-0.1, -0.05) is 62.4 Å². The predicted molar refractivity (Wildman–Crippen MR) is 103 cm³/mol. The number of hydrogen-bond donors (Lipinski definition) is 0. The molecule has 0 spiro atoms. The van der Waals surface area contributed by atoms with Crippen molar-refractivity contribution in [3.8, 4) is 0 Å². The fourth-order valence-electron chi connectivity index (χ4n) is 2.83.